The van der Waals surface area contributed by atoms with Crippen LogP contribution in [0.25, 0.3) is 6.08 Å². The van der Waals surface area contributed by atoms with Gasteiger partial charge in [0, 0.05) is 24.1 Å². The average Bonchev–Trinajstić information content (AvgIpc) is 3.18. The highest BCUT2D eigenvalue weighted by Crippen LogP contribution is 2.16. The molecule has 0 radical (unpaired) electrons. The van der Waals surface area contributed by atoms with Crippen LogP contribution in [0.1, 0.15) is 25.5 Å². The van der Waals surface area contributed by atoms with Crippen LogP contribution in [0.15, 0.2) is 48.4 Å². The molecule has 1 aliphatic rings. The molecule has 8 heteroatoms. The fraction of sp³-hybridized carbons (Fsp3) is 0.211. The normalized spacial score (nSPS) is 15.6. The van der Waals surface area contributed by atoms with Crippen molar-refractivity contribution >= 4 is 29.6 Å². The zero-order valence-electron chi connectivity index (χ0n) is 14.9. The van der Waals surface area contributed by atoms with Crippen LogP contribution in [0.3, 0.4) is 0 Å². The number of benzene rings is 1. The van der Waals surface area contributed by atoms with Crippen molar-refractivity contribution < 1.29 is 18.8 Å². The van der Waals surface area contributed by atoms with Gasteiger partial charge in [-0.25, -0.2) is 14.1 Å². The number of imide groups is 1. The Morgan fingerprint density at radius 1 is 1.22 bits per heavy atom. The number of hydrogen-bond acceptors (Lipinski definition) is 3. The van der Waals surface area contributed by atoms with Crippen LogP contribution in [-0.2, 0) is 9.59 Å². The Labute approximate surface area is 155 Å². The summed E-state index contributed by atoms with van der Waals surface area (Å²) >= 11 is 0. The molecule has 0 atom stereocenters. The van der Waals surface area contributed by atoms with Crippen molar-refractivity contribution in [3.05, 3.63) is 59.8 Å². The maximum Gasteiger partial charge on any atom is 0.329 e. The first kappa shape index (κ1) is 18.4. The van der Waals surface area contributed by atoms with Gasteiger partial charge in [0.15, 0.2) is 0 Å². The van der Waals surface area contributed by atoms with Gasteiger partial charge in [0.25, 0.3) is 5.91 Å². The minimum Gasteiger partial charge on any atom is -0.351 e. The van der Waals surface area contributed by atoms with Gasteiger partial charge in [0.2, 0.25) is 5.91 Å². The number of carbonyl (C=O) groups excluding carboxylic acids is 3. The number of aromatic nitrogens is 1. The summed E-state index contributed by atoms with van der Waals surface area (Å²) in [7, 11) is 0. The molecule has 0 bridgehead atoms. The topological polar surface area (TPSA) is 83.4 Å². The number of halogens is 1. The number of urea groups is 1. The lowest BCUT2D eigenvalue weighted by Crippen LogP contribution is -2.38. The van der Waals surface area contributed by atoms with E-state index in [0.29, 0.717) is 5.69 Å². The van der Waals surface area contributed by atoms with Crippen LogP contribution in [0.5, 0.6) is 0 Å². The second kappa shape index (κ2) is 7.45. The van der Waals surface area contributed by atoms with Crippen LogP contribution in [0.4, 0.5) is 14.9 Å². The molecule has 0 unspecified atom stereocenters. The van der Waals surface area contributed by atoms with E-state index in [9.17, 15) is 18.8 Å². The zero-order valence-corrected chi connectivity index (χ0v) is 14.9. The Kier molecular flexibility index (Phi) is 5.07. The van der Waals surface area contributed by atoms with E-state index in [1.165, 1.54) is 24.3 Å². The highest BCUT2D eigenvalue weighted by Gasteiger charge is 2.34. The number of rotatable bonds is 5. The van der Waals surface area contributed by atoms with Crippen LogP contribution in [-0.4, -0.2) is 33.9 Å². The van der Waals surface area contributed by atoms with E-state index in [-0.39, 0.29) is 11.7 Å². The van der Waals surface area contributed by atoms with Crippen molar-refractivity contribution in [1.29, 1.82) is 0 Å². The third-order valence-corrected chi connectivity index (χ3v) is 4.04. The smallest absolute Gasteiger partial charge is 0.329 e. The molecule has 0 saturated carbocycles. The maximum absolute atomic E-state index is 12.9. The van der Waals surface area contributed by atoms with Crippen molar-refractivity contribution in [3.8, 4) is 0 Å². The molecule has 2 N–H and O–H groups in total. The maximum atomic E-state index is 12.9. The van der Waals surface area contributed by atoms with Gasteiger partial charge in [0.1, 0.15) is 18.1 Å². The summed E-state index contributed by atoms with van der Waals surface area (Å²) in [5, 5.41) is 4.99. The molecular formula is C19H19FN4O3. The van der Waals surface area contributed by atoms with E-state index >= 15 is 0 Å². The molecule has 3 rings (SSSR count). The Morgan fingerprint density at radius 3 is 2.56 bits per heavy atom. The Morgan fingerprint density at radius 2 is 1.93 bits per heavy atom. The molecule has 2 aromatic rings. The number of hydrogen-bond donors (Lipinski definition) is 2. The van der Waals surface area contributed by atoms with E-state index in [2.05, 4.69) is 10.6 Å². The Bertz CT molecular complexity index is 915. The number of carbonyl (C=O) groups is 3. The third-order valence-electron chi connectivity index (χ3n) is 4.04. The third kappa shape index (κ3) is 4.22. The lowest BCUT2D eigenvalue weighted by Gasteiger charge is -2.11. The molecule has 1 saturated heterocycles. The van der Waals surface area contributed by atoms with Gasteiger partial charge in [-0.05, 0) is 55.8 Å². The Hall–Kier alpha value is -3.42. The summed E-state index contributed by atoms with van der Waals surface area (Å²) in [5.41, 5.74) is 1.25. The molecule has 1 aliphatic heterocycles. The monoisotopic (exact) mass is 370 g/mol. The van der Waals surface area contributed by atoms with E-state index in [0.717, 1.165) is 10.5 Å². The lowest BCUT2D eigenvalue weighted by atomic mass is 10.2. The lowest BCUT2D eigenvalue weighted by molar-refractivity contribution is -0.127. The van der Waals surface area contributed by atoms with Crippen LogP contribution < -0.4 is 10.6 Å². The standard InChI is InChI=1S/C19H19FN4O3/c1-12(2)23-8-7-13(10-23)9-16-18(26)24(19(27)22-16)11-17(25)21-15-5-3-14(20)4-6-15/h3-10,12H,11H2,1-2H3,(H,21,25)(H,22,27)/b16-9+. The first-order valence-electron chi connectivity index (χ1n) is 8.41. The van der Waals surface area contributed by atoms with Crippen LogP contribution in [0, 0.1) is 5.82 Å². The van der Waals surface area contributed by atoms with Gasteiger partial charge in [-0.1, -0.05) is 0 Å². The van der Waals surface area contributed by atoms with E-state index in [1.807, 2.05) is 36.9 Å². The fourth-order valence-corrected chi connectivity index (χ4v) is 2.60. The Balaban J connectivity index is 1.67. The van der Waals surface area contributed by atoms with Crippen molar-refractivity contribution in [1.82, 2.24) is 14.8 Å². The second-order valence-corrected chi connectivity index (χ2v) is 6.42. The van der Waals surface area contributed by atoms with E-state index < -0.39 is 30.2 Å². The van der Waals surface area contributed by atoms with Gasteiger partial charge < -0.3 is 15.2 Å². The minimum atomic E-state index is -0.663. The van der Waals surface area contributed by atoms with Crippen molar-refractivity contribution in [2.75, 3.05) is 11.9 Å². The van der Waals surface area contributed by atoms with Crippen LogP contribution in [0.2, 0.25) is 0 Å². The van der Waals surface area contributed by atoms with Crippen molar-refractivity contribution in [2.45, 2.75) is 19.9 Å². The molecule has 0 spiro atoms. The van der Waals surface area contributed by atoms with Crippen molar-refractivity contribution in [3.63, 3.8) is 0 Å². The highest BCUT2D eigenvalue weighted by molar-refractivity contribution is 6.15. The number of amides is 4. The minimum absolute atomic E-state index is 0.107. The first-order chi connectivity index (χ1) is 12.8. The highest BCUT2D eigenvalue weighted by atomic mass is 19.1. The van der Waals surface area contributed by atoms with E-state index in [1.54, 1.807) is 6.08 Å². The molecule has 1 aromatic carbocycles. The summed E-state index contributed by atoms with van der Waals surface area (Å²) in [6.45, 7) is 3.62. The molecule has 1 aromatic heterocycles. The number of nitrogens with zero attached hydrogens (tertiary/aromatic N) is 2. The molecule has 27 heavy (non-hydrogen) atoms. The predicted octanol–water partition coefficient (Wildman–Crippen LogP) is 2.74. The van der Waals surface area contributed by atoms with Gasteiger partial charge in [-0.3, -0.25) is 9.59 Å². The SMILES string of the molecule is CC(C)n1ccc(/C=C2/NC(=O)N(CC(=O)Nc3ccc(F)cc3)C2=O)c1. The molecule has 0 aliphatic carbocycles. The predicted molar refractivity (Wildman–Crippen MR) is 98.1 cm³/mol. The summed E-state index contributed by atoms with van der Waals surface area (Å²) in [6.07, 6.45) is 5.31. The largest absolute Gasteiger partial charge is 0.351 e. The molecule has 4 amide bonds. The quantitative estimate of drug-likeness (QED) is 0.627. The molecular weight excluding hydrogens is 351 g/mol. The zero-order chi connectivity index (χ0) is 19.6. The summed E-state index contributed by atoms with van der Waals surface area (Å²) in [4.78, 5) is 37.4. The molecule has 2 heterocycles. The fourth-order valence-electron chi connectivity index (χ4n) is 2.60. The van der Waals surface area contributed by atoms with Crippen molar-refractivity contribution in [2.24, 2.45) is 0 Å². The van der Waals surface area contributed by atoms with Gasteiger partial charge in [0.05, 0.1) is 0 Å². The average molecular weight is 370 g/mol. The summed E-state index contributed by atoms with van der Waals surface area (Å²) < 4.78 is 14.9. The number of nitrogens with one attached hydrogen (secondary N) is 2. The van der Waals surface area contributed by atoms with Gasteiger partial charge in [-0.15, -0.1) is 0 Å². The number of anilines is 1. The first-order valence-corrected chi connectivity index (χ1v) is 8.41. The second-order valence-electron chi connectivity index (χ2n) is 6.42. The van der Waals surface area contributed by atoms with E-state index in [4.69, 9.17) is 0 Å². The summed E-state index contributed by atoms with van der Waals surface area (Å²) in [5.74, 6) is -1.56. The van der Waals surface area contributed by atoms with Crippen LogP contribution >= 0.6 is 0 Å². The molecule has 1 fully saturated rings. The van der Waals surface area contributed by atoms with Gasteiger partial charge in [-0.2, -0.15) is 0 Å². The molecule has 140 valence electrons. The summed E-state index contributed by atoms with van der Waals surface area (Å²) in [6, 6.07) is 6.63. The van der Waals surface area contributed by atoms with Gasteiger partial charge >= 0.3 is 6.03 Å². The molecule has 7 nitrogen and oxygen atoms in total.